The predicted octanol–water partition coefficient (Wildman–Crippen LogP) is 2.02. The summed E-state index contributed by atoms with van der Waals surface area (Å²) in [5.74, 6) is 0. The first kappa shape index (κ1) is 12.2. The molecule has 0 aliphatic carbocycles. The predicted molar refractivity (Wildman–Crippen MR) is 62.3 cm³/mol. The molecule has 0 fully saturated rings. The van der Waals surface area contributed by atoms with E-state index in [1.54, 1.807) is 26.0 Å². The number of thiophene rings is 1. The molecule has 0 bridgehead atoms. The third-order valence-electron chi connectivity index (χ3n) is 2.03. The standard InChI is InChI=1S/C8H12BrNO2S2/c1-8(2,5-10)14(11,12)7-4-3-6(9)13-7/h3-4H,5,10H2,1-2H3. The summed E-state index contributed by atoms with van der Waals surface area (Å²) in [6, 6.07) is 3.33. The molecule has 14 heavy (non-hydrogen) atoms. The van der Waals surface area contributed by atoms with Crippen molar-refractivity contribution in [3.8, 4) is 0 Å². The number of sulfone groups is 1. The lowest BCUT2D eigenvalue weighted by molar-refractivity contribution is 0.551. The van der Waals surface area contributed by atoms with Gasteiger partial charge in [0.05, 0.1) is 8.53 Å². The van der Waals surface area contributed by atoms with Gasteiger partial charge in [0, 0.05) is 6.54 Å². The van der Waals surface area contributed by atoms with Crippen LogP contribution in [0.3, 0.4) is 0 Å². The minimum atomic E-state index is -3.30. The molecule has 1 aromatic rings. The fourth-order valence-electron chi connectivity index (χ4n) is 0.824. The van der Waals surface area contributed by atoms with E-state index in [4.69, 9.17) is 5.73 Å². The molecule has 1 heterocycles. The van der Waals surface area contributed by atoms with Crippen LogP contribution in [0.5, 0.6) is 0 Å². The van der Waals surface area contributed by atoms with Crippen LogP contribution in [0.25, 0.3) is 0 Å². The summed E-state index contributed by atoms with van der Waals surface area (Å²) in [4.78, 5) is 0. The van der Waals surface area contributed by atoms with Gasteiger partial charge >= 0.3 is 0 Å². The van der Waals surface area contributed by atoms with Crippen molar-refractivity contribution < 1.29 is 8.42 Å². The van der Waals surface area contributed by atoms with Crippen LogP contribution < -0.4 is 5.73 Å². The van der Waals surface area contributed by atoms with Gasteiger partial charge in [0.25, 0.3) is 0 Å². The van der Waals surface area contributed by atoms with Gasteiger partial charge in [-0.25, -0.2) is 8.42 Å². The number of rotatable bonds is 3. The normalized spacial score (nSPS) is 13.1. The average molecular weight is 298 g/mol. The Morgan fingerprint density at radius 3 is 2.43 bits per heavy atom. The quantitative estimate of drug-likeness (QED) is 0.928. The zero-order valence-corrected chi connectivity index (χ0v) is 11.2. The molecular formula is C8H12BrNO2S2. The maximum Gasteiger partial charge on any atom is 0.194 e. The van der Waals surface area contributed by atoms with Crippen molar-refractivity contribution in [2.75, 3.05) is 6.54 Å². The number of halogens is 1. The highest BCUT2D eigenvalue weighted by Gasteiger charge is 2.35. The van der Waals surface area contributed by atoms with E-state index in [-0.39, 0.29) is 6.54 Å². The van der Waals surface area contributed by atoms with Gasteiger partial charge in [-0.15, -0.1) is 11.3 Å². The third kappa shape index (κ3) is 2.03. The second kappa shape index (κ2) is 3.92. The van der Waals surface area contributed by atoms with Crippen molar-refractivity contribution in [2.24, 2.45) is 5.73 Å². The van der Waals surface area contributed by atoms with Crippen molar-refractivity contribution in [2.45, 2.75) is 22.8 Å². The fraction of sp³-hybridized carbons (Fsp3) is 0.500. The zero-order chi connectivity index (χ0) is 11.0. The highest BCUT2D eigenvalue weighted by molar-refractivity contribution is 9.11. The van der Waals surface area contributed by atoms with Crippen molar-refractivity contribution in [1.29, 1.82) is 0 Å². The lowest BCUT2D eigenvalue weighted by Crippen LogP contribution is -2.39. The molecule has 0 unspecified atom stereocenters. The van der Waals surface area contributed by atoms with Crippen molar-refractivity contribution in [3.63, 3.8) is 0 Å². The van der Waals surface area contributed by atoms with E-state index in [0.29, 0.717) is 4.21 Å². The molecule has 0 amide bonds. The van der Waals surface area contributed by atoms with Gasteiger partial charge in [-0.1, -0.05) is 0 Å². The molecule has 3 nitrogen and oxygen atoms in total. The minimum absolute atomic E-state index is 0.116. The molecule has 0 aliphatic heterocycles. The SMILES string of the molecule is CC(C)(CN)S(=O)(=O)c1ccc(Br)s1. The molecule has 0 aromatic carbocycles. The van der Waals surface area contributed by atoms with Gasteiger partial charge in [-0.05, 0) is 41.9 Å². The van der Waals surface area contributed by atoms with Crippen LogP contribution in [0.4, 0.5) is 0 Å². The Hall–Kier alpha value is 0.0900. The Morgan fingerprint density at radius 1 is 1.50 bits per heavy atom. The van der Waals surface area contributed by atoms with Crippen LogP contribution in [0.1, 0.15) is 13.8 Å². The molecule has 2 N–H and O–H groups in total. The number of hydrogen-bond acceptors (Lipinski definition) is 4. The monoisotopic (exact) mass is 297 g/mol. The first-order valence-electron chi connectivity index (χ1n) is 4.01. The number of hydrogen-bond donors (Lipinski definition) is 1. The first-order chi connectivity index (χ1) is 6.31. The molecule has 0 saturated heterocycles. The first-order valence-corrected chi connectivity index (χ1v) is 7.10. The molecule has 0 saturated carbocycles. The summed E-state index contributed by atoms with van der Waals surface area (Å²) < 4.78 is 24.3. The molecule has 1 rings (SSSR count). The van der Waals surface area contributed by atoms with Crippen LogP contribution >= 0.6 is 27.3 Å². The maximum atomic E-state index is 12.0. The number of nitrogens with two attached hydrogens (primary N) is 1. The van der Waals surface area contributed by atoms with Crippen LogP contribution in [-0.4, -0.2) is 19.7 Å². The van der Waals surface area contributed by atoms with Crippen molar-refractivity contribution in [1.82, 2.24) is 0 Å². The van der Waals surface area contributed by atoms with E-state index >= 15 is 0 Å². The van der Waals surface area contributed by atoms with Gasteiger partial charge in [0.15, 0.2) is 9.84 Å². The van der Waals surface area contributed by atoms with Crippen molar-refractivity contribution in [3.05, 3.63) is 15.9 Å². The fourth-order valence-corrected chi connectivity index (χ4v) is 4.66. The summed E-state index contributed by atoms with van der Waals surface area (Å²) in [6.07, 6.45) is 0. The third-order valence-corrected chi connectivity index (χ3v) is 6.65. The minimum Gasteiger partial charge on any atom is -0.329 e. The lowest BCUT2D eigenvalue weighted by Gasteiger charge is -2.21. The van der Waals surface area contributed by atoms with E-state index < -0.39 is 14.6 Å². The van der Waals surface area contributed by atoms with E-state index in [1.165, 1.54) is 11.3 Å². The van der Waals surface area contributed by atoms with Crippen LogP contribution in [-0.2, 0) is 9.84 Å². The lowest BCUT2D eigenvalue weighted by atomic mass is 10.2. The van der Waals surface area contributed by atoms with Crippen LogP contribution in [0.2, 0.25) is 0 Å². The molecule has 0 radical (unpaired) electrons. The second-order valence-electron chi connectivity index (χ2n) is 3.53. The summed E-state index contributed by atoms with van der Waals surface area (Å²) in [5, 5.41) is 0. The summed E-state index contributed by atoms with van der Waals surface area (Å²) in [7, 11) is -3.30. The highest BCUT2D eigenvalue weighted by Crippen LogP contribution is 2.32. The molecule has 0 aliphatic rings. The van der Waals surface area contributed by atoms with Gasteiger partial charge in [0.1, 0.15) is 4.21 Å². The topological polar surface area (TPSA) is 60.2 Å². The summed E-state index contributed by atoms with van der Waals surface area (Å²) >= 11 is 4.45. The van der Waals surface area contributed by atoms with Crippen molar-refractivity contribution >= 4 is 37.1 Å². The average Bonchev–Trinajstić information content (AvgIpc) is 2.52. The van der Waals surface area contributed by atoms with Gasteiger partial charge in [-0.2, -0.15) is 0 Å². The van der Waals surface area contributed by atoms with Gasteiger partial charge in [0.2, 0.25) is 0 Å². The molecular weight excluding hydrogens is 286 g/mol. The second-order valence-corrected chi connectivity index (χ2v) is 8.80. The smallest absolute Gasteiger partial charge is 0.194 e. The largest absolute Gasteiger partial charge is 0.329 e. The van der Waals surface area contributed by atoms with Crippen LogP contribution in [0, 0.1) is 0 Å². The Morgan fingerprint density at radius 2 is 2.07 bits per heavy atom. The Bertz CT molecular complexity index is 422. The molecule has 0 atom stereocenters. The molecule has 1 aromatic heterocycles. The maximum absolute atomic E-state index is 12.0. The Labute approximate surface area is 96.4 Å². The zero-order valence-electron chi connectivity index (χ0n) is 7.95. The van der Waals surface area contributed by atoms with Gasteiger partial charge in [-0.3, -0.25) is 0 Å². The summed E-state index contributed by atoms with van der Waals surface area (Å²) in [5.41, 5.74) is 5.45. The molecule has 6 heteroatoms. The highest BCUT2D eigenvalue weighted by atomic mass is 79.9. The molecule has 0 spiro atoms. The van der Waals surface area contributed by atoms with Gasteiger partial charge < -0.3 is 5.73 Å². The van der Waals surface area contributed by atoms with Crippen LogP contribution in [0.15, 0.2) is 20.1 Å². The van der Waals surface area contributed by atoms with E-state index in [9.17, 15) is 8.42 Å². The summed E-state index contributed by atoms with van der Waals surface area (Å²) in [6.45, 7) is 3.39. The molecule has 80 valence electrons. The van der Waals surface area contributed by atoms with E-state index in [2.05, 4.69) is 15.9 Å². The Kier molecular flexibility index (Phi) is 3.41. The van der Waals surface area contributed by atoms with E-state index in [0.717, 1.165) is 3.79 Å². The Balaban J connectivity index is 3.22. The van der Waals surface area contributed by atoms with E-state index in [1.807, 2.05) is 0 Å².